The van der Waals surface area contributed by atoms with Gasteiger partial charge in [-0.1, -0.05) is 0 Å². The molecule has 5 heteroatoms. The van der Waals surface area contributed by atoms with E-state index in [4.69, 9.17) is 9.67 Å². The van der Waals surface area contributed by atoms with Crippen molar-refractivity contribution in [3.8, 4) is 0 Å². The first kappa shape index (κ1) is 30.3. The predicted octanol–water partition coefficient (Wildman–Crippen LogP) is 0.927. The van der Waals surface area contributed by atoms with Crippen LogP contribution in [0, 0.1) is 0 Å². The van der Waals surface area contributed by atoms with Crippen molar-refractivity contribution < 1.29 is 9.67 Å². The number of aliphatic hydroxyl groups excluding tert-OH is 1. The van der Waals surface area contributed by atoms with Gasteiger partial charge in [-0.25, -0.2) is 0 Å². The molecule has 0 heterocycles. The Morgan fingerprint density at radius 3 is 1.17 bits per heavy atom. The van der Waals surface area contributed by atoms with E-state index < -0.39 is 0 Å². The second kappa shape index (κ2) is 296. The summed E-state index contributed by atoms with van der Waals surface area (Å²) in [7, 11) is 2.72. The first-order valence-electron chi connectivity index (χ1n) is 0.651. The summed E-state index contributed by atoms with van der Waals surface area (Å²) in [5, 5.41) is 7.00. The van der Waals surface area contributed by atoms with Crippen LogP contribution in [-0.4, -0.2) is 12.2 Å². The van der Waals surface area contributed by atoms with E-state index in [2.05, 4.69) is 0 Å². The highest BCUT2D eigenvalue weighted by molar-refractivity contribution is 7.00. The third kappa shape index (κ3) is 150. The molecular weight excluding hydrogens is 146 g/mol. The number of hydrogen-bond acceptors (Lipinski definition) is 2. The third-order valence-corrected chi connectivity index (χ3v) is 0. The highest BCUT2D eigenvalue weighted by Gasteiger charge is 0.839. The van der Waals surface area contributed by atoms with Gasteiger partial charge in [0.25, 0.3) is 0 Å². The summed E-state index contributed by atoms with van der Waals surface area (Å²) in [5.41, 5.74) is 0. The van der Waals surface area contributed by atoms with Crippen molar-refractivity contribution in [2.75, 3.05) is 7.11 Å². The second-order valence-electron chi connectivity index (χ2n) is 0. The minimum absolute atomic E-state index is 0. The topological polar surface area (TPSA) is 37.3 Å². The van der Waals surface area contributed by atoms with Crippen LogP contribution in [0.15, 0.2) is 0 Å². The molecule has 0 saturated heterocycles. The molecule has 0 amide bonds. The summed E-state index contributed by atoms with van der Waals surface area (Å²) in [5.74, 6) is 0. The van der Waals surface area contributed by atoms with Crippen LogP contribution in [0.2, 0.25) is 0 Å². The minimum Gasteiger partial charge on any atom is -0.400 e. The molecule has 0 atom stereocenters. The van der Waals surface area contributed by atoms with Crippen molar-refractivity contribution in [2.45, 2.75) is 0 Å². The summed E-state index contributed by atoms with van der Waals surface area (Å²) in [6, 6.07) is 0. The largest absolute Gasteiger partial charge is 0.400 e. The van der Waals surface area contributed by atoms with Gasteiger partial charge in [0, 0.05) is 7.11 Å². The van der Waals surface area contributed by atoms with E-state index in [0.29, 0.717) is 0 Å². The Kier molecular flexibility index (Phi) is 1500. The second-order valence-corrected chi connectivity index (χ2v) is 0. The molecule has 0 bridgehead atoms. The maximum Gasteiger partial charge on any atom is 0.138 e. The zero-order chi connectivity index (χ0) is 4.00. The summed E-state index contributed by atoms with van der Waals surface area (Å²) >= 11 is 0. The van der Waals surface area contributed by atoms with Crippen LogP contribution in [0.1, 0.15) is 0 Å². The predicted molar refractivity (Wildman–Crippen MR) is 31.6 cm³/mol. The van der Waals surface area contributed by atoms with E-state index in [1.807, 2.05) is 0 Å². The van der Waals surface area contributed by atoms with E-state index in [1.54, 1.807) is 9.12 Å². The summed E-state index contributed by atoms with van der Waals surface area (Å²) in [6.45, 7) is 0. The fraction of sp³-hybridized carbons (Fsp3) is 1.00. The Morgan fingerprint density at radius 2 is 1.17 bits per heavy atom. The van der Waals surface area contributed by atoms with Gasteiger partial charge in [0.2, 0.25) is 0 Å². The maximum atomic E-state index is 8.06. The zero-order valence-corrected chi connectivity index (χ0v) is 5.80. The molecule has 0 aromatic carbocycles. The first-order valence-corrected chi connectivity index (χ1v) is 1.06. The van der Waals surface area contributed by atoms with Crippen molar-refractivity contribution in [3.63, 3.8) is 0 Å². The Labute approximate surface area is 51.4 Å². The molecule has 0 unspecified atom stereocenters. The van der Waals surface area contributed by atoms with Gasteiger partial charge < -0.3 is 5.11 Å². The maximum absolute atomic E-state index is 8.06. The van der Waals surface area contributed by atoms with Gasteiger partial charge in [0.1, 0.15) is 9.12 Å². The molecule has 0 aliphatic heterocycles. The van der Waals surface area contributed by atoms with Crippen LogP contribution < -0.4 is 0 Å². The molecular formula is CH7Cl2O2P. The summed E-state index contributed by atoms with van der Waals surface area (Å²) in [6.07, 6.45) is 0. The van der Waals surface area contributed by atoms with E-state index in [1.165, 1.54) is 0 Å². The molecule has 0 aromatic rings. The van der Waals surface area contributed by atoms with Crippen molar-refractivity contribution in [1.82, 2.24) is 0 Å². The molecule has 0 aliphatic carbocycles. The molecule has 0 saturated carbocycles. The fourth-order valence-electron chi connectivity index (χ4n) is 0. The van der Waals surface area contributed by atoms with Crippen LogP contribution in [0.4, 0.5) is 0 Å². The molecule has 0 fully saturated rings. The van der Waals surface area contributed by atoms with Crippen molar-refractivity contribution in [2.24, 2.45) is 0 Å². The van der Waals surface area contributed by atoms with Gasteiger partial charge in [-0.3, -0.25) is 4.57 Å². The standard InChI is InChI=1S/CH4O.2ClH.HOP/c1-2;;;1-2/h2H,1H3;2*1H;2H. The van der Waals surface area contributed by atoms with Gasteiger partial charge in [0.05, 0.1) is 0 Å². The first-order chi connectivity index (χ1) is 2.00. The Morgan fingerprint density at radius 1 is 1.17 bits per heavy atom. The lowest BCUT2D eigenvalue weighted by Gasteiger charge is -1.21. The molecule has 6 heavy (non-hydrogen) atoms. The van der Waals surface area contributed by atoms with Crippen molar-refractivity contribution >= 4 is 33.9 Å². The van der Waals surface area contributed by atoms with Crippen LogP contribution in [0.3, 0.4) is 0 Å². The Balaban J connectivity index is -0.00000000500. The lowest BCUT2D eigenvalue weighted by atomic mass is 11.8. The molecule has 0 rings (SSSR count). The van der Waals surface area contributed by atoms with Crippen LogP contribution in [0.5, 0.6) is 0 Å². The SMILES string of the molecule is CO.Cl.Cl.O=P. The normalized spacial score (nSPS) is 1.67. The fourth-order valence-corrected chi connectivity index (χ4v) is 0. The number of halogens is 2. The quantitative estimate of drug-likeness (QED) is 0.525. The average molecular weight is 153 g/mol. The van der Waals surface area contributed by atoms with Gasteiger partial charge >= 0.3 is 0 Å². The van der Waals surface area contributed by atoms with E-state index in [9.17, 15) is 0 Å². The van der Waals surface area contributed by atoms with E-state index >= 15 is 0 Å². The van der Waals surface area contributed by atoms with Crippen LogP contribution >= 0.6 is 33.9 Å². The smallest absolute Gasteiger partial charge is 0.138 e. The number of rotatable bonds is 0. The minimum atomic E-state index is 0. The van der Waals surface area contributed by atoms with Gasteiger partial charge in [-0.15, -0.1) is 24.8 Å². The molecule has 0 spiro atoms. The highest BCUT2D eigenvalue weighted by atomic mass is 35.5. The lowest BCUT2D eigenvalue weighted by molar-refractivity contribution is 0.399. The summed E-state index contributed by atoms with van der Waals surface area (Å²) in [4.78, 5) is 0. The molecule has 2 nitrogen and oxygen atoms in total. The van der Waals surface area contributed by atoms with Crippen LogP contribution in [-0.2, 0) is 4.57 Å². The molecule has 0 radical (unpaired) electrons. The molecule has 1 N–H and O–H groups in total. The van der Waals surface area contributed by atoms with Gasteiger partial charge in [-0.2, -0.15) is 0 Å². The Hall–Kier alpha value is 0.640. The van der Waals surface area contributed by atoms with Gasteiger partial charge in [0.15, 0.2) is 0 Å². The van der Waals surface area contributed by atoms with Crippen molar-refractivity contribution in [1.29, 1.82) is 0 Å². The van der Waals surface area contributed by atoms with E-state index in [0.717, 1.165) is 7.11 Å². The number of hydrogen-bond donors (Lipinski definition) is 1. The number of aliphatic hydroxyl groups is 1. The van der Waals surface area contributed by atoms with Gasteiger partial charge in [-0.05, 0) is 0 Å². The average Bonchev–Trinajstić information content (AvgIpc) is 1.50. The Bertz CT molecular complexity index is 11.5. The zero-order valence-electron chi connectivity index (χ0n) is 3.17. The third-order valence-electron chi connectivity index (χ3n) is 0. The van der Waals surface area contributed by atoms with E-state index in [-0.39, 0.29) is 24.8 Å². The molecule has 42 valence electrons. The monoisotopic (exact) mass is 152 g/mol. The summed E-state index contributed by atoms with van der Waals surface area (Å²) < 4.78 is 8.06. The lowest BCUT2D eigenvalue weighted by Crippen LogP contribution is -1.25. The van der Waals surface area contributed by atoms with Crippen molar-refractivity contribution in [3.05, 3.63) is 0 Å². The highest BCUT2D eigenvalue weighted by Crippen LogP contribution is 1.23. The molecule has 0 aliphatic rings. The molecule has 0 aromatic heterocycles. The van der Waals surface area contributed by atoms with Crippen LogP contribution in [0.25, 0.3) is 0 Å².